The number of methoxy groups -OCH3 is 1. The van der Waals surface area contributed by atoms with Crippen LogP contribution in [-0.2, 0) is 16.0 Å². The summed E-state index contributed by atoms with van der Waals surface area (Å²) < 4.78 is 11.1. The van der Waals surface area contributed by atoms with E-state index < -0.39 is 0 Å². The van der Waals surface area contributed by atoms with Crippen molar-refractivity contribution in [3.05, 3.63) is 58.7 Å². The third-order valence-corrected chi connectivity index (χ3v) is 6.44. The van der Waals surface area contributed by atoms with Gasteiger partial charge in [-0.2, -0.15) is 0 Å². The van der Waals surface area contributed by atoms with Crippen LogP contribution in [0.15, 0.2) is 36.4 Å². The molecule has 5 nitrogen and oxygen atoms in total. The molecule has 1 saturated heterocycles. The molecule has 0 spiro atoms. The van der Waals surface area contributed by atoms with E-state index >= 15 is 0 Å². The molecule has 2 aliphatic rings. The molecule has 1 fully saturated rings. The number of carbonyl (C=O) groups is 1. The summed E-state index contributed by atoms with van der Waals surface area (Å²) in [5.74, 6) is 0.776. The highest BCUT2D eigenvalue weighted by Crippen LogP contribution is 2.41. The number of alkyl halides is 1. The van der Waals surface area contributed by atoms with Crippen molar-refractivity contribution in [3.63, 3.8) is 0 Å². The Balaban J connectivity index is 1.77. The van der Waals surface area contributed by atoms with Crippen molar-refractivity contribution in [2.24, 2.45) is 0 Å². The number of halogens is 1. The number of anilines is 1. The van der Waals surface area contributed by atoms with E-state index in [4.69, 9.17) is 21.1 Å². The lowest BCUT2D eigenvalue weighted by molar-refractivity contribution is -0.132. The Kier molecular flexibility index (Phi) is 6.21. The molecule has 4 rings (SSSR count). The van der Waals surface area contributed by atoms with Gasteiger partial charge in [-0.25, -0.2) is 0 Å². The Bertz CT molecular complexity index is 909. The molecular weight excluding hydrogens is 400 g/mol. The van der Waals surface area contributed by atoms with Gasteiger partial charge in [0.15, 0.2) is 0 Å². The van der Waals surface area contributed by atoms with Crippen molar-refractivity contribution in [1.29, 1.82) is 0 Å². The lowest BCUT2D eigenvalue weighted by Gasteiger charge is -2.42. The van der Waals surface area contributed by atoms with Crippen LogP contribution in [0.4, 0.5) is 5.69 Å². The third-order valence-electron chi connectivity index (χ3n) is 6.21. The summed E-state index contributed by atoms with van der Waals surface area (Å²) in [7, 11) is 1.69. The average molecular weight is 429 g/mol. The molecule has 0 radical (unpaired) electrons. The smallest absolute Gasteiger partial charge is 0.238 e. The predicted molar refractivity (Wildman–Crippen MR) is 120 cm³/mol. The fourth-order valence-corrected chi connectivity index (χ4v) is 4.86. The number of fused-ring (bicyclic) bond motifs is 1. The van der Waals surface area contributed by atoms with Gasteiger partial charge in [0.05, 0.1) is 26.4 Å². The van der Waals surface area contributed by atoms with Crippen LogP contribution in [0.2, 0.25) is 0 Å². The Morgan fingerprint density at radius 3 is 2.53 bits per heavy atom. The molecule has 2 aromatic carbocycles. The molecule has 30 heavy (non-hydrogen) atoms. The second-order valence-electron chi connectivity index (χ2n) is 8.10. The van der Waals surface area contributed by atoms with E-state index in [1.807, 2.05) is 4.90 Å². The number of nitrogens with zero attached hydrogens (tertiary/aromatic N) is 2. The number of aryl methyl sites for hydroxylation is 1. The van der Waals surface area contributed by atoms with Gasteiger partial charge in [0, 0.05) is 24.8 Å². The zero-order valence-electron chi connectivity index (χ0n) is 17.9. The highest BCUT2D eigenvalue weighted by Gasteiger charge is 2.36. The molecule has 0 aliphatic carbocycles. The number of benzene rings is 2. The van der Waals surface area contributed by atoms with Gasteiger partial charge in [0.25, 0.3) is 0 Å². The Hall–Kier alpha value is -2.24. The molecule has 6 heteroatoms. The normalized spacial score (nSPS) is 21.3. The minimum absolute atomic E-state index is 0.0228. The lowest BCUT2D eigenvalue weighted by atomic mass is 9.84. The number of amides is 1. The number of carbonyl (C=O) groups excluding carboxylic acids is 1. The van der Waals surface area contributed by atoms with E-state index in [-0.39, 0.29) is 23.9 Å². The highest BCUT2D eigenvalue weighted by atomic mass is 35.5. The molecule has 160 valence electrons. The number of ether oxygens (including phenoxy) is 2. The van der Waals surface area contributed by atoms with Gasteiger partial charge in [-0.3, -0.25) is 4.79 Å². The fraction of sp³-hybridized carbons (Fsp3) is 0.458. The first-order valence-electron chi connectivity index (χ1n) is 10.5. The van der Waals surface area contributed by atoms with Crippen LogP contribution in [0, 0.1) is 6.92 Å². The average Bonchev–Trinajstić information content (AvgIpc) is 2.78. The maximum absolute atomic E-state index is 12.8. The largest absolute Gasteiger partial charge is 0.496 e. The summed E-state index contributed by atoms with van der Waals surface area (Å²) in [4.78, 5) is 17.1. The summed E-state index contributed by atoms with van der Waals surface area (Å²) in [6.07, 6.45) is 0.811. The zero-order valence-corrected chi connectivity index (χ0v) is 18.6. The van der Waals surface area contributed by atoms with Crippen molar-refractivity contribution in [1.82, 2.24) is 4.90 Å². The molecule has 2 aliphatic heterocycles. The molecule has 0 bridgehead atoms. The summed E-state index contributed by atoms with van der Waals surface area (Å²) in [6, 6.07) is 12.7. The van der Waals surface area contributed by atoms with Gasteiger partial charge in [0.2, 0.25) is 5.91 Å². The standard InChI is InChI=1S/C24H29ClN2O3/c1-16-12-19-13-17(2)27(23(28)15-25)24(21(19)14-22(16)29-3)18-4-6-20(7-5-18)26-8-10-30-11-9-26/h4-7,12,14,17,24H,8-11,13,15H2,1-3H3/t17-,24-/m0/s1. The lowest BCUT2D eigenvalue weighted by Crippen LogP contribution is -2.47. The first kappa shape index (κ1) is 21.0. The molecular formula is C24H29ClN2O3. The second-order valence-corrected chi connectivity index (χ2v) is 8.37. The van der Waals surface area contributed by atoms with Crippen LogP contribution in [-0.4, -0.2) is 56.1 Å². The van der Waals surface area contributed by atoms with Crippen LogP contribution in [0.5, 0.6) is 5.75 Å². The quantitative estimate of drug-likeness (QED) is 0.692. The van der Waals surface area contributed by atoms with Crippen molar-refractivity contribution in [3.8, 4) is 5.75 Å². The second kappa shape index (κ2) is 8.86. The number of hydrogen-bond donors (Lipinski definition) is 0. The first-order chi connectivity index (χ1) is 14.5. The van der Waals surface area contributed by atoms with E-state index in [9.17, 15) is 4.79 Å². The van der Waals surface area contributed by atoms with Crippen LogP contribution in [0.3, 0.4) is 0 Å². The molecule has 2 atom stereocenters. The molecule has 2 aromatic rings. The maximum atomic E-state index is 12.8. The number of rotatable bonds is 4. The highest BCUT2D eigenvalue weighted by molar-refractivity contribution is 6.27. The van der Waals surface area contributed by atoms with E-state index in [1.165, 1.54) is 11.3 Å². The monoisotopic (exact) mass is 428 g/mol. The molecule has 0 N–H and O–H groups in total. The van der Waals surface area contributed by atoms with Crippen LogP contribution < -0.4 is 9.64 Å². The van der Waals surface area contributed by atoms with Crippen molar-refractivity contribution < 1.29 is 14.3 Å². The predicted octanol–water partition coefficient (Wildman–Crippen LogP) is 3.94. The topological polar surface area (TPSA) is 42.0 Å². The summed E-state index contributed by atoms with van der Waals surface area (Å²) in [5.41, 5.74) is 5.77. The van der Waals surface area contributed by atoms with E-state index in [2.05, 4.69) is 55.1 Å². The molecule has 1 amide bonds. The minimum atomic E-state index is -0.178. The van der Waals surface area contributed by atoms with Crippen LogP contribution >= 0.6 is 11.6 Å². The van der Waals surface area contributed by atoms with Crippen molar-refractivity contribution in [2.45, 2.75) is 32.4 Å². The van der Waals surface area contributed by atoms with Gasteiger partial charge in [-0.05, 0) is 60.7 Å². The number of hydrogen-bond acceptors (Lipinski definition) is 4. The molecule has 0 aromatic heterocycles. The van der Waals surface area contributed by atoms with Crippen LogP contribution in [0.1, 0.15) is 35.2 Å². The molecule has 0 unspecified atom stereocenters. The summed E-state index contributed by atoms with van der Waals surface area (Å²) in [6.45, 7) is 7.47. The summed E-state index contributed by atoms with van der Waals surface area (Å²) in [5, 5.41) is 0. The van der Waals surface area contributed by atoms with Crippen molar-refractivity contribution in [2.75, 3.05) is 44.2 Å². The third kappa shape index (κ3) is 3.88. The minimum Gasteiger partial charge on any atom is -0.496 e. The van der Waals surface area contributed by atoms with E-state index in [0.29, 0.717) is 0 Å². The SMILES string of the molecule is COc1cc2c(cc1C)C[C@H](C)N(C(=O)CCl)[C@H]2c1ccc(N2CCOCC2)cc1. The molecule has 0 saturated carbocycles. The van der Waals surface area contributed by atoms with E-state index in [1.54, 1.807) is 7.11 Å². The Morgan fingerprint density at radius 2 is 1.90 bits per heavy atom. The van der Waals surface area contributed by atoms with E-state index in [0.717, 1.165) is 55.2 Å². The zero-order chi connectivity index (χ0) is 21.3. The van der Waals surface area contributed by atoms with Crippen LogP contribution in [0.25, 0.3) is 0 Å². The fourth-order valence-electron chi connectivity index (χ4n) is 4.72. The van der Waals surface area contributed by atoms with Gasteiger partial charge in [0.1, 0.15) is 11.6 Å². The maximum Gasteiger partial charge on any atom is 0.238 e. The van der Waals surface area contributed by atoms with Gasteiger partial charge >= 0.3 is 0 Å². The number of morpholine rings is 1. The van der Waals surface area contributed by atoms with Crippen molar-refractivity contribution >= 4 is 23.2 Å². The van der Waals surface area contributed by atoms with Gasteiger partial charge in [-0.1, -0.05) is 18.2 Å². The summed E-state index contributed by atoms with van der Waals surface area (Å²) >= 11 is 6.01. The Labute approximate surface area is 183 Å². The Morgan fingerprint density at radius 1 is 1.20 bits per heavy atom. The van der Waals surface area contributed by atoms with Gasteiger partial charge in [-0.15, -0.1) is 11.6 Å². The van der Waals surface area contributed by atoms with Gasteiger partial charge < -0.3 is 19.3 Å². The molecule has 2 heterocycles. The first-order valence-corrected chi connectivity index (χ1v) is 11.0.